The van der Waals surface area contributed by atoms with Crippen molar-refractivity contribution in [1.29, 1.82) is 0 Å². The molecular formula is C15H26FN5. The number of halogens is 1. The molecule has 0 amide bonds. The number of hydrogen-bond acceptors (Lipinski definition) is 5. The van der Waals surface area contributed by atoms with E-state index in [0.29, 0.717) is 12.5 Å². The molecule has 1 aliphatic carbocycles. The topological polar surface area (TPSA) is 53.1 Å². The first-order chi connectivity index (χ1) is 10.1. The van der Waals surface area contributed by atoms with Crippen LogP contribution in [0.1, 0.15) is 39.0 Å². The molecule has 2 rings (SSSR count). The molecule has 1 aromatic heterocycles. The normalized spacial score (nSPS) is 17.2. The SMILES string of the molecule is CCCNc1ncc(F)c(NCC2(N(C)C)CCCC2)n1. The smallest absolute Gasteiger partial charge is 0.224 e. The fourth-order valence-electron chi connectivity index (χ4n) is 2.88. The van der Waals surface area contributed by atoms with Gasteiger partial charge in [-0.25, -0.2) is 9.37 Å². The van der Waals surface area contributed by atoms with Gasteiger partial charge in [-0.1, -0.05) is 19.8 Å². The Labute approximate surface area is 126 Å². The van der Waals surface area contributed by atoms with E-state index in [1.54, 1.807) is 0 Å². The Morgan fingerprint density at radius 2 is 2.00 bits per heavy atom. The van der Waals surface area contributed by atoms with Gasteiger partial charge in [-0.3, -0.25) is 0 Å². The van der Waals surface area contributed by atoms with Gasteiger partial charge >= 0.3 is 0 Å². The van der Waals surface area contributed by atoms with Crippen LogP contribution in [0, 0.1) is 5.82 Å². The second-order valence-electron chi connectivity index (χ2n) is 6.00. The monoisotopic (exact) mass is 295 g/mol. The van der Waals surface area contributed by atoms with Crippen molar-refractivity contribution in [3.8, 4) is 0 Å². The Kier molecular flexibility index (Phi) is 5.33. The molecule has 1 saturated carbocycles. The Bertz CT molecular complexity index is 457. The molecule has 2 N–H and O–H groups in total. The van der Waals surface area contributed by atoms with Crippen molar-refractivity contribution in [1.82, 2.24) is 14.9 Å². The summed E-state index contributed by atoms with van der Waals surface area (Å²) in [5.74, 6) is 0.367. The van der Waals surface area contributed by atoms with Gasteiger partial charge in [0.1, 0.15) is 0 Å². The van der Waals surface area contributed by atoms with E-state index in [-0.39, 0.29) is 11.4 Å². The van der Waals surface area contributed by atoms with Gasteiger partial charge in [0.05, 0.1) is 6.20 Å². The van der Waals surface area contributed by atoms with E-state index < -0.39 is 5.82 Å². The third-order valence-electron chi connectivity index (χ3n) is 4.35. The molecule has 0 aliphatic heterocycles. The first-order valence-corrected chi connectivity index (χ1v) is 7.75. The summed E-state index contributed by atoms with van der Waals surface area (Å²) in [6.07, 6.45) is 6.95. The summed E-state index contributed by atoms with van der Waals surface area (Å²) in [7, 11) is 4.19. The minimum absolute atomic E-state index is 0.106. The number of aromatic nitrogens is 2. The van der Waals surface area contributed by atoms with Crippen molar-refractivity contribution in [2.45, 2.75) is 44.6 Å². The van der Waals surface area contributed by atoms with E-state index in [1.165, 1.54) is 19.0 Å². The van der Waals surface area contributed by atoms with Gasteiger partial charge in [-0.15, -0.1) is 0 Å². The van der Waals surface area contributed by atoms with Crippen LogP contribution in [-0.2, 0) is 0 Å². The predicted octanol–water partition coefficient (Wildman–Crippen LogP) is 2.72. The highest BCUT2D eigenvalue weighted by atomic mass is 19.1. The highest BCUT2D eigenvalue weighted by molar-refractivity contribution is 5.41. The average Bonchev–Trinajstić information content (AvgIpc) is 2.95. The fraction of sp³-hybridized carbons (Fsp3) is 0.733. The van der Waals surface area contributed by atoms with E-state index in [1.807, 2.05) is 0 Å². The number of likely N-dealkylation sites (N-methyl/N-ethyl adjacent to an activating group) is 1. The van der Waals surface area contributed by atoms with Gasteiger partial charge < -0.3 is 15.5 Å². The van der Waals surface area contributed by atoms with Crippen LogP contribution in [0.2, 0.25) is 0 Å². The van der Waals surface area contributed by atoms with Gasteiger partial charge in [-0.05, 0) is 33.4 Å². The summed E-state index contributed by atoms with van der Waals surface area (Å²) in [6, 6.07) is 0. The lowest BCUT2D eigenvalue weighted by molar-refractivity contribution is 0.172. The fourth-order valence-corrected chi connectivity index (χ4v) is 2.88. The van der Waals surface area contributed by atoms with Gasteiger partial charge in [0.2, 0.25) is 5.95 Å². The van der Waals surface area contributed by atoms with E-state index in [4.69, 9.17) is 0 Å². The standard InChI is InChI=1S/C15H26FN5/c1-4-9-17-14-18-10-12(16)13(20-14)19-11-15(21(2)3)7-5-6-8-15/h10H,4-9,11H2,1-3H3,(H2,17,18,19,20). The molecule has 118 valence electrons. The predicted molar refractivity (Wildman–Crippen MR) is 84.1 cm³/mol. The van der Waals surface area contributed by atoms with E-state index in [0.717, 1.165) is 25.8 Å². The van der Waals surface area contributed by atoms with Gasteiger partial charge in [0.25, 0.3) is 0 Å². The van der Waals surface area contributed by atoms with Crippen LogP contribution in [-0.4, -0.2) is 47.6 Å². The molecule has 0 spiro atoms. The average molecular weight is 295 g/mol. The molecule has 5 nitrogen and oxygen atoms in total. The molecule has 0 unspecified atom stereocenters. The second-order valence-corrected chi connectivity index (χ2v) is 6.00. The minimum Gasteiger partial charge on any atom is -0.366 e. The zero-order valence-electron chi connectivity index (χ0n) is 13.2. The number of hydrogen-bond donors (Lipinski definition) is 2. The van der Waals surface area contributed by atoms with Crippen molar-refractivity contribution in [3.63, 3.8) is 0 Å². The molecule has 21 heavy (non-hydrogen) atoms. The third-order valence-corrected chi connectivity index (χ3v) is 4.35. The van der Waals surface area contributed by atoms with Crippen molar-refractivity contribution in [2.24, 2.45) is 0 Å². The van der Waals surface area contributed by atoms with E-state index >= 15 is 0 Å². The molecule has 0 radical (unpaired) electrons. The minimum atomic E-state index is -0.399. The molecule has 0 atom stereocenters. The Hall–Kier alpha value is -1.43. The molecule has 0 aromatic carbocycles. The molecule has 1 fully saturated rings. The summed E-state index contributed by atoms with van der Waals surface area (Å²) in [6.45, 7) is 3.56. The third kappa shape index (κ3) is 3.81. The van der Waals surface area contributed by atoms with Crippen molar-refractivity contribution in [3.05, 3.63) is 12.0 Å². The Morgan fingerprint density at radius 1 is 1.29 bits per heavy atom. The van der Waals surface area contributed by atoms with Crippen LogP contribution in [0.4, 0.5) is 16.2 Å². The van der Waals surface area contributed by atoms with Crippen LogP contribution < -0.4 is 10.6 Å². The van der Waals surface area contributed by atoms with Crippen molar-refractivity contribution in [2.75, 3.05) is 37.8 Å². The maximum Gasteiger partial charge on any atom is 0.224 e. The summed E-state index contributed by atoms with van der Waals surface area (Å²) in [5.41, 5.74) is 0.106. The lowest BCUT2D eigenvalue weighted by atomic mass is 9.96. The molecular weight excluding hydrogens is 269 g/mol. The number of nitrogens with one attached hydrogen (secondary N) is 2. The number of rotatable bonds is 7. The Balaban J connectivity index is 2.04. The van der Waals surface area contributed by atoms with Crippen LogP contribution in [0.5, 0.6) is 0 Å². The lowest BCUT2D eigenvalue weighted by Crippen LogP contribution is -2.47. The first-order valence-electron chi connectivity index (χ1n) is 7.75. The number of nitrogens with zero attached hydrogens (tertiary/aromatic N) is 3. The van der Waals surface area contributed by atoms with Crippen LogP contribution in [0.15, 0.2) is 6.20 Å². The highest BCUT2D eigenvalue weighted by Crippen LogP contribution is 2.34. The van der Waals surface area contributed by atoms with Gasteiger partial charge in [-0.2, -0.15) is 4.98 Å². The van der Waals surface area contributed by atoms with E-state index in [9.17, 15) is 4.39 Å². The zero-order chi connectivity index (χ0) is 15.3. The first kappa shape index (κ1) is 15.9. The van der Waals surface area contributed by atoms with Gasteiger partial charge in [0.15, 0.2) is 11.6 Å². The van der Waals surface area contributed by atoms with Crippen LogP contribution in [0.3, 0.4) is 0 Å². The molecule has 6 heteroatoms. The maximum atomic E-state index is 13.9. The highest BCUT2D eigenvalue weighted by Gasteiger charge is 2.35. The van der Waals surface area contributed by atoms with Crippen LogP contribution in [0.25, 0.3) is 0 Å². The summed E-state index contributed by atoms with van der Waals surface area (Å²) >= 11 is 0. The zero-order valence-corrected chi connectivity index (χ0v) is 13.2. The largest absolute Gasteiger partial charge is 0.366 e. The molecule has 1 aliphatic rings. The molecule has 0 bridgehead atoms. The summed E-state index contributed by atoms with van der Waals surface area (Å²) in [4.78, 5) is 10.4. The Morgan fingerprint density at radius 3 is 2.62 bits per heavy atom. The van der Waals surface area contributed by atoms with Gasteiger partial charge in [0, 0.05) is 18.6 Å². The molecule has 1 heterocycles. The van der Waals surface area contributed by atoms with Crippen molar-refractivity contribution >= 4 is 11.8 Å². The number of anilines is 2. The molecule has 1 aromatic rings. The summed E-state index contributed by atoms with van der Waals surface area (Å²) < 4.78 is 13.9. The maximum absolute atomic E-state index is 13.9. The summed E-state index contributed by atoms with van der Waals surface area (Å²) in [5, 5.41) is 6.27. The quantitative estimate of drug-likeness (QED) is 0.810. The van der Waals surface area contributed by atoms with Crippen molar-refractivity contribution < 1.29 is 4.39 Å². The molecule has 0 saturated heterocycles. The van der Waals surface area contributed by atoms with Crippen LogP contribution >= 0.6 is 0 Å². The second kappa shape index (κ2) is 7.02. The lowest BCUT2D eigenvalue weighted by Gasteiger charge is -2.36. The van der Waals surface area contributed by atoms with E-state index in [2.05, 4.69) is 46.5 Å².